The summed E-state index contributed by atoms with van der Waals surface area (Å²) in [5.41, 5.74) is 4.30. The Morgan fingerprint density at radius 2 is 1.90 bits per heavy atom. The van der Waals surface area contributed by atoms with Crippen LogP contribution in [0.4, 0.5) is 5.69 Å². The van der Waals surface area contributed by atoms with Crippen LogP contribution in [-0.2, 0) is 0 Å². The number of hydrogen-bond donors (Lipinski definition) is 0. The molecular weight excluding hydrogens is 380 g/mol. The maximum absolute atomic E-state index is 13.0. The average Bonchev–Trinajstić information content (AvgIpc) is 3.33. The lowest BCUT2D eigenvalue weighted by Crippen LogP contribution is -2.31. The predicted octanol–water partition coefficient (Wildman–Crippen LogP) is 1.56. The minimum Gasteiger partial charge on any atom is -0.369 e. The molecule has 1 unspecified atom stereocenters. The zero-order valence-corrected chi connectivity index (χ0v) is 17.6. The fraction of sp³-hybridized carbons (Fsp3) is 0.381. The second-order valence-corrected chi connectivity index (χ2v) is 8.13. The lowest BCUT2D eigenvalue weighted by atomic mass is 10.2. The van der Waals surface area contributed by atoms with Gasteiger partial charge in [-0.1, -0.05) is 0 Å². The van der Waals surface area contributed by atoms with Gasteiger partial charge in [0, 0.05) is 31.4 Å². The van der Waals surface area contributed by atoms with E-state index in [0.29, 0.717) is 34.5 Å². The number of rotatable bonds is 3. The Balaban J connectivity index is 1.57. The first-order valence-corrected chi connectivity index (χ1v) is 10.1. The van der Waals surface area contributed by atoms with Crippen molar-refractivity contribution in [1.29, 1.82) is 0 Å². The standard InChI is InChI=1S/C21H24N8O/c1-13-9-16(27-8-7-15(11-27)26(3)4)12-28-20(30)10-18(23-21(13)28)17-5-6-19-22-14(2)24-29(19)25-17/h5-6,9-10,12,15H,7-8,11H2,1-4H3. The molecular formula is C21H24N8O. The Morgan fingerprint density at radius 3 is 2.67 bits per heavy atom. The second kappa shape index (κ2) is 6.88. The highest BCUT2D eigenvalue weighted by Gasteiger charge is 2.25. The van der Waals surface area contributed by atoms with Crippen molar-refractivity contribution in [3.63, 3.8) is 0 Å². The van der Waals surface area contributed by atoms with Crippen molar-refractivity contribution in [1.82, 2.24) is 34.1 Å². The summed E-state index contributed by atoms with van der Waals surface area (Å²) in [6.07, 6.45) is 3.02. The topological polar surface area (TPSA) is 83.9 Å². The SMILES string of the molecule is Cc1nc2ccc(-c3cc(=O)n4cc(N5CCC(N(C)C)C5)cc(C)c4n3)nn2n1. The van der Waals surface area contributed by atoms with Crippen LogP contribution in [0.25, 0.3) is 22.7 Å². The zero-order valence-electron chi connectivity index (χ0n) is 17.6. The van der Waals surface area contributed by atoms with Gasteiger partial charge in [-0.3, -0.25) is 9.20 Å². The van der Waals surface area contributed by atoms with Crippen LogP contribution in [0.2, 0.25) is 0 Å². The van der Waals surface area contributed by atoms with E-state index in [1.807, 2.05) is 32.2 Å². The molecule has 0 saturated carbocycles. The number of nitrogens with zero attached hydrogens (tertiary/aromatic N) is 8. The molecule has 0 N–H and O–H groups in total. The van der Waals surface area contributed by atoms with E-state index in [9.17, 15) is 4.79 Å². The predicted molar refractivity (Wildman–Crippen MR) is 115 cm³/mol. The Bertz CT molecular complexity index is 1320. The van der Waals surface area contributed by atoms with Crippen LogP contribution in [-0.4, -0.2) is 67.3 Å². The van der Waals surface area contributed by atoms with Crippen molar-refractivity contribution in [3.05, 3.63) is 52.2 Å². The van der Waals surface area contributed by atoms with Crippen LogP contribution in [0.1, 0.15) is 17.8 Å². The molecule has 5 heterocycles. The Hall–Kier alpha value is -3.33. The van der Waals surface area contributed by atoms with E-state index < -0.39 is 0 Å². The molecule has 9 heteroatoms. The van der Waals surface area contributed by atoms with E-state index in [-0.39, 0.29) is 5.56 Å². The Kier molecular flexibility index (Phi) is 4.28. The fourth-order valence-electron chi connectivity index (χ4n) is 4.08. The van der Waals surface area contributed by atoms with Gasteiger partial charge in [0.05, 0.1) is 11.4 Å². The molecule has 4 aromatic rings. The molecule has 1 fully saturated rings. The number of anilines is 1. The first-order chi connectivity index (χ1) is 14.4. The van der Waals surface area contributed by atoms with Gasteiger partial charge in [0.1, 0.15) is 17.2 Å². The van der Waals surface area contributed by atoms with Gasteiger partial charge in [-0.2, -0.15) is 0 Å². The summed E-state index contributed by atoms with van der Waals surface area (Å²) >= 11 is 0. The molecule has 1 saturated heterocycles. The summed E-state index contributed by atoms with van der Waals surface area (Å²) in [5, 5.41) is 8.72. The highest BCUT2D eigenvalue weighted by Crippen LogP contribution is 2.25. The van der Waals surface area contributed by atoms with E-state index >= 15 is 0 Å². The normalized spacial score (nSPS) is 17.0. The van der Waals surface area contributed by atoms with Crippen molar-refractivity contribution in [2.75, 3.05) is 32.1 Å². The monoisotopic (exact) mass is 404 g/mol. The molecule has 5 rings (SSSR count). The first kappa shape index (κ1) is 18.7. The minimum absolute atomic E-state index is 0.125. The third kappa shape index (κ3) is 3.11. The van der Waals surface area contributed by atoms with Crippen LogP contribution in [0.3, 0.4) is 0 Å². The van der Waals surface area contributed by atoms with Gasteiger partial charge in [-0.25, -0.2) is 9.97 Å². The molecule has 0 spiro atoms. The Morgan fingerprint density at radius 1 is 1.07 bits per heavy atom. The van der Waals surface area contributed by atoms with Crippen LogP contribution in [0.15, 0.2) is 35.3 Å². The lowest BCUT2D eigenvalue weighted by molar-refractivity contribution is 0.315. The summed E-state index contributed by atoms with van der Waals surface area (Å²) < 4.78 is 3.11. The molecule has 1 aliphatic rings. The van der Waals surface area contributed by atoms with Crippen molar-refractivity contribution in [2.24, 2.45) is 0 Å². The summed E-state index contributed by atoms with van der Waals surface area (Å²) in [4.78, 5) is 26.6. The molecule has 154 valence electrons. The maximum atomic E-state index is 13.0. The molecule has 0 aromatic carbocycles. The number of hydrogen-bond acceptors (Lipinski definition) is 7. The van der Waals surface area contributed by atoms with E-state index in [0.717, 1.165) is 30.8 Å². The number of aryl methyl sites for hydroxylation is 2. The molecule has 0 radical (unpaired) electrons. The van der Waals surface area contributed by atoms with Gasteiger partial charge >= 0.3 is 0 Å². The molecule has 4 aromatic heterocycles. The first-order valence-electron chi connectivity index (χ1n) is 10.1. The van der Waals surface area contributed by atoms with Crippen LogP contribution < -0.4 is 10.5 Å². The quantitative estimate of drug-likeness (QED) is 0.512. The van der Waals surface area contributed by atoms with Crippen LogP contribution in [0, 0.1) is 13.8 Å². The van der Waals surface area contributed by atoms with E-state index in [2.05, 4.69) is 45.1 Å². The lowest BCUT2D eigenvalue weighted by Gasteiger charge is -2.22. The van der Waals surface area contributed by atoms with Crippen molar-refractivity contribution in [2.45, 2.75) is 26.3 Å². The van der Waals surface area contributed by atoms with Crippen LogP contribution >= 0.6 is 0 Å². The highest BCUT2D eigenvalue weighted by atomic mass is 16.1. The molecule has 9 nitrogen and oxygen atoms in total. The maximum Gasteiger partial charge on any atom is 0.258 e. The summed E-state index contributed by atoms with van der Waals surface area (Å²) in [6.45, 7) is 5.75. The van der Waals surface area contributed by atoms with Gasteiger partial charge in [-0.05, 0) is 58.1 Å². The molecule has 30 heavy (non-hydrogen) atoms. The highest BCUT2D eigenvalue weighted by molar-refractivity contribution is 5.63. The third-order valence-corrected chi connectivity index (χ3v) is 5.77. The molecule has 1 atom stereocenters. The van der Waals surface area contributed by atoms with Gasteiger partial charge in [0.2, 0.25) is 0 Å². The Labute approximate surface area is 173 Å². The summed E-state index contributed by atoms with van der Waals surface area (Å²) in [6, 6.07) is 7.81. The fourth-order valence-corrected chi connectivity index (χ4v) is 4.08. The smallest absolute Gasteiger partial charge is 0.258 e. The number of pyridine rings is 1. The number of likely N-dealkylation sites (N-methyl/N-ethyl adjacent to an activating group) is 1. The minimum atomic E-state index is -0.125. The average molecular weight is 404 g/mol. The number of aromatic nitrogens is 6. The van der Waals surface area contributed by atoms with Crippen LogP contribution in [0.5, 0.6) is 0 Å². The van der Waals surface area contributed by atoms with E-state index in [4.69, 9.17) is 4.98 Å². The van der Waals surface area contributed by atoms with Crippen molar-refractivity contribution in [3.8, 4) is 11.4 Å². The summed E-state index contributed by atoms with van der Waals surface area (Å²) in [5.74, 6) is 0.646. The molecule has 1 aliphatic heterocycles. The van der Waals surface area contributed by atoms with Gasteiger partial charge < -0.3 is 9.80 Å². The van der Waals surface area contributed by atoms with E-state index in [1.165, 1.54) is 10.7 Å². The summed E-state index contributed by atoms with van der Waals surface area (Å²) in [7, 11) is 4.23. The molecule has 0 aliphatic carbocycles. The van der Waals surface area contributed by atoms with E-state index in [1.54, 1.807) is 4.40 Å². The van der Waals surface area contributed by atoms with Gasteiger partial charge in [0.25, 0.3) is 5.56 Å². The molecule has 0 bridgehead atoms. The second-order valence-electron chi connectivity index (χ2n) is 8.13. The van der Waals surface area contributed by atoms with Gasteiger partial charge in [-0.15, -0.1) is 14.8 Å². The molecule has 0 amide bonds. The largest absolute Gasteiger partial charge is 0.369 e. The van der Waals surface area contributed by atoms with Crippen molar-refractivity contribution < 1.29 is 0 Å². The number of fused-ring (bicyclic) bond motifs is 2. The van der Waals surface area contributed by atoms with Gasteiger partial charge in [0.15, 0.2) is 5.65 Å². The third-order valence-electron chi connectivity index (χ3n) is 5.77. The zero-order chi connectivity index (χ0) is 21.0. The van der Waals surface area contributed by atoms with Crippen molar-refractivity contribution >= 4 is 17.0 Å².